The minimum Gasteiger partial charge on any atom is -0.337 e. The van der Waals surface area contributed by atoms with E-state index in [0.717, 1.165) is 77.3 Å². The first-order valence-corrected chi connectivity index (χ1v) is 15.0. The van der Waals surface area contributed by atoms with Crippen LogP contribution in [-0.4, -0.2) is 43.2 Å². The van der Waals surface area contributed by atoms with Gasteiger partial charge >= 0.3 is 0 Å². The molecule has 1 aromatic carbocycles. The molecule has 41 heavy (non-hydrogen) atoms. The van der Waals surface area contributed by atoms with Gasteiger partial charge in [-0.15, -0.1) is 0 Å². The summed E-state index contributed by atoms with van der Waals surface area (Å²) in [6.45, 7) is 10.3. The molecule has 1 fully saturated rings. The lowest BCUT2D eigenvalue weighted by Gasteiger charge is -2.20. The predicted molar refractivity (Wildman–Crippen MR) is 159 cm³/mol. The predicted octanol–water partition coefficient (Wildman–Crippen LogP) is 5.87. The molecule has 1 saturated carbocycles. The van der Waals surface area contributed by atoms with Crippen LogP contribution in [0.2, 0.25) is 0 Å². The molecule has 1 amide bonds. The number of amides is 1. The molecule has 2 aliphatic heterocycles. The van der Waals surface area contributed by atoms with E-state index in [2.05, 4.69) is 41.0 Å². The monoisotopic (exact) mass is 552 g/mol. The van der Waals surface area contributed by atoms with Crippen LogP contribution in [0.4, 0.5) is 4.39 Å². The van der Waals surface area contributed by atoms with E-state index >= 15 is 4.39 Å². The molecule has 0 radical (unpaired) electrons. The summed E-state index contributed by atoms with van der Waals surface area (Å²) in [7, 11) is 0. The molecule has 7 rings (SSSR count). The van der Waals surface area contributed by atoms with Gasteiger partial charge in [0, 0.05) is 65.2 Å². The van der Waals surface area contributed by atoms with Crippen LogP contribution in [0.5, 0.6) is 0 Å². The molecule has 0 spiro atoms. The van der Waals surface area contributed by atoms with Crippen molar-refractivity contribution >= 4 is 22.4 Å². The molecular formula is C33H37FN6O. The highest BCUT2D eigenvalue weighted by atomic mass is 19.1. The molecule has 1 N–H and O–H groups in total. The Labute approximate surface area is 240 Å². The van der Waals surface area contributed by atoms with Crippen molar-refractivity contribution < 1.29 is 9.18 Å². The summed E-state index contributed by atoms with van der Waals surface area (Å²) >= 11 is 0. The van der Waals surface area contributed by atoms with Crippen LogP contribution in [0.15, 0.2) is 36.5 Å². The van der Waals surface area contributed by atoms with Crippen molar-refractivity contribution in [3.63, 3.8) is 0 Å². The number of fused-ring (bicyclic) bond motifs is 2. The smallest absolute Gasteiger partial charge is 0.254 e. The molecule has 3 aromatic heterocycles. The van der Waals surface area contributed by atoms with Crippen LogP contribution in [-0.2, 0) is 32.6 Å². The topological polar surface area (TPSA) is 68.0 Å². The van der Waals surface area contributed by atoms with Crippen LogP contribution in [0.3, 0.4) is 0 Å². The number of hydrogen-bond donors (Lipinski definition) is 1. The van der Waals surface area contributed by atoms with Gasteiger partial charge in [0.25, 0.3) is 5.91 Å². The molecule has 5 heterocycles. The summed E-state index contributed by atoms with van der Waals surface area (Å²) in [6.07, 6.45) is 8.00. The largest absolute Gasteiger partial charge is 0.337 e. The minimum absolute atomic E-state index is 0.0837. The van der Waals surface area contributed by atoms with Crippen molar-refractivity contribution in [2.45, 2.75) is 72.6 Å². The SMILES string of the molecule is CCc1nc(C)ccc1-c1cc(C(=O)N2Cc3cnn(CC)c3C2)cc2c(F)c(C3=CCCNC3)n(CC3CC3)c12. The molecule has 3 aliphatic rings. The molecule has 7 nitrogen and oxygen atoms in total. The standard InChI is InChI=1S/C33H37FN6O/c1-4-28-25(11-8-20(3)37-28)26-13-23(33(41)38-18-24-16-36-40(5-2)29(24)19-38)14-27-30(34)31(22-7-6-12-35-15-22)39(32(26)27)17-21-9-10-21/h7-8,11,13-14,16,21,35H,4-6,9-10,12,15,17-19H2,1-3H3. The lowest BCUT2D eigenvalue weighted by molar-refractivity contribution is 0.0748. The van der Waals surface area contributed by atoms with Crippen LogP contribution in [0, 0.1) is 18.7 Å². The Bertz CT molecular complexity index is 1710. The van der Waals surface area contributed by atoms with Crippen LogP contribution < -0.4 is 5.32 Å². The molecule has 0 bridgehead atoms. The Morgan fingerprint density at radius 1 is 1.15 bits per heavy atom. The number of aromatic nitrogens is 4. The van der Waals surface area contributed by atoms with Gasteiger partial charge in [-0.25, -0.2) is 4.39 Å². The fourth-order valence-corrected chi connectivity index (χ4v) is 6.59. The van der Waals surface area contributed by atoms with Crippen LogP contribution >= 0.6 is 0 Å². The summed E-state index contributed by atoms with van der Waals surface area (Å²) in [5.74, 6) is 0.244. The first kappa shape index (κ1) is 26.1. The van der Waals surface area contributed by atoms with E-state index in [1.165, 1.54) is 12.8 Å². The van der Waals surface area contributed by atoms with Gasteiger partial charge in [0.2, 0.25) is 0 Å². The van der Waals surface area contributed by atoms with E-state index < -0.39 is 0 Å². The Hall–Kier alpha value is -3.78. The minimum atomic E-state index is -0.226. The Balaban J connectivity index is 1.44. The number of carbonyl (C=O) groups excluding carboxylic acids is 1. The van der Waals surface area contributed by atoms with E-state index in [9.17, 15) is 4.79 Å². The number of nitrogens with zero attached hydrogens (tertiary/aromatic N) is 5. The van der Waals surface area contributed by atoms with E-state index in [4.69, 9.17) is 4.98 Å². The third-order valence-electron chi connectivity index (χ3n) is 8.87. The van der Waals surface area contributed by atoms with Gasteiger partial charge in [-0.3, -0.25) is 14.5 Å². The number of nitrogens with one attached hydrogen (secondary N) is 1. The second-order valence-electron chi connectivity index (χ2n) is 11.7. The van der Waals surface area contributed by atoms with Crippen molar-refractivity contribution in [2.24, 2.45) is 5.92 Å². The van der Waals surface area contributed by atoms with Crippen molar-refractivity contribution in [1.82, 2.24) is 29.5 Å². The number of pyridine rings is 1. The van der Waals surface area contributed by atoms with Crippen molar-refractivity contribution in [2.75, 3.05) is 13.1 Å². The highest BCUT2D eigenvalue weighted by Gasteiger charge is 2.32. The van der Waals surface area contributed by atoms with Crippen molar-refractivity contribution in [3.8, 4) is 11.1 Å². The fraction of sp³-hybridized carbons (Fsp3) is 0.424. The van der Waals surface area contributed by atoms with E-state index in [1.807, 2.05) is 34.8 Å². The van der Waals surface area contributed by atoms with Gasteiger partial charge < -0.3 is 14.8 Å². The first-order valence-electron chi connectivity index (χ1n) is 15.0. The van der Waals surface area contributed by atoms with Gasteiger partial charge in [0.05, 0.1) is 29.6 Å². The average molecular weight is 553 g/mol. The Morgan fingerprint density at radius 2 is 2.00 bits per heavy atom. The molecule has 4 aromatic rings. The summed E-state index contributed by atoms with van der Waals surface area (Å²) in [4.78, 5) is 20.8. The van der Waals surface area contributed by atoms with Crippen molar-refractivity contribution in [3.05, 3.63) is 76.3 Å². The number of benzene rings is 1. The van der Waals surface area contributed by atoms with Gasteiger partial charge in [0.15, 0.2) is 5.82 Å². The fourth-order valence-electron chi connectivity index (χ4n) is 6.59. The maximum atomic E-state index is 16.7. The summed E-state index contributed by atoms with van der Waals surface area (Å²) < 4.78 is 20.9. The Morgan fingerprint density at radius 3 is 2.73 bits per heavy atom. The zero-order valence-electron chi connectivity index (χ0n) is 24.1. The van der Waals surface area contributed by atoms with Crippen molar-refractivity contribution in [1.29, 1.82) is 0 Å². The molecular weight excluding hydrogens is 515 g/mol. The third-order valence-corrected chi connectivity index (χ3v) is 8.87. The van der Waals surface area contributed by atoms with E-state index in [1.54, 1.807) is 6.07 Å². The highest BCUT2D eigenvalue weighted by molar-refractivity contribution is 6.05. The molecule has 212 valence electrons. The van der Waals surface area contributed by atoms with Crippen LogP contribution in [0.25, 0.3) is 27.6 Å². The zero-order chi connectivity index (χ0) is 28.2. The van der Waals surface area contributed by atoms with Gasteiger partial charge in [-0.1, -0.05) is 19.1 Å². The number of halogens is 1. The van der Waals surface area contributed by atoms with Gasteiger partial charge in [-0.2, -0.15) is 5.10 Å². The zero-order valence-corrected chi connectivity index (χ0v) is 24.1. The molecule has 1 aliphatic carbocycles. The second kappa shape index (κ2) is 10.2. The first-order chi connectivity index (χ1) is 20.0. The quantitative estimate of drug-likeness (QED) is 0.311. The second-order valence-corrected chi connectivity index (χ2v) is 11.7. The number of hydrogen-bond acceptors (Lipinski definition) is 4. The molecule has 0 saturated heterocycles. The van der Waals surface area contributed by atoms with Crippen LogP contribution in [0.1, 0.15) is 71.8 Å². The average Bonchev–Trinajstić information content (AvgIpc) is 3.47. The molecule has 8 heteroatoms. The summed E-state index contributed by atoms with van der Waals surface area (Å²) in [5.41, 5.74) is 9.00. The van der Waals surface area contributed by atoms with E-state index in [0.29, 0.717) is 42.2 Å². The highest BCUT2D eigenvalue weighted by Crippen LogP contribution is 2.42. The summed E-state index contributed by atoms with van der Waals surface area (Å²) in [5, 5.41) is 8.40. The maximum absolute atomic E-state index is 16.7. The number of rotatable bonds is 7. The number of aryl methyl sites for hydroxylation is 3. The van der Waals surface area contributed by atoms with Gasteiger partial charge in [0.1, 0.15) is 0 Å². The molecule has 0 atom stereocenters. The Kier molecular flexibility index (Phi) is 6.53. The number of carbonyl (C=O) groups is 1. The third kappa shape index (κ3) is 4.49. The lowest BCUT2D eigenvalue weighted by atomic mass is 9.96. The van der Waals surface area contributed by atoms with Gasteiger partial charge in [-0.05, 0) is 75.8 Å². The van der Waals surface area contributed by atoms with E-state index in [-0.39, 0.29) is 11.7 Å². The lowest BCUT2D eigenvalue weighted by Crippen LogP contribution is -2.26. The summed E-state index contributed by atoms with van der Waals surface area (Å²) in [6, 6.07) is 7.90. The normalized spacial score (nSPS) is 16.9. The molecule has 0 unspecified atom stereocenters. The maximum Gasteiger partial charge on any atom is 0.254 e.